The third kappa shape index (κ3) is 5.73. The van der Waals surface area contributed by atoms with E-state index in [-0.39, 0.29) is 0 Å². The van der Waals surface area contributed by atoms with Gasteiger partial charge in [0.15, 0.2) is 0 Å². The molecule has 0 fully saturated rings. The van der Waals surface area contributed by atoms with Crippen LogP contribution in [0, 0.1) is 11.3 Å². The van der Waals surface area contributed by atoms with Crippen molar-refractivity contribution < 1.29 is 0 Å². The van der Waals surface area contributed by atoms with Gasteiger partial charge in [-0.3, -0.25) is 4.90 Å². The van der Waals surface area contributed by atoms with E-state index in [0.29, 0.717) is 12.5 Å². The molecule has 0 aromatic heterocycles. The van der Waals surface area contributed by atoms with Crippen molar-refractivity contribution in [2.24, 2.45) is 0 Å². The van der Waals surface area contributed by atoms with E-state index < -0.39 is 0 Å². The highest BCUT2D eigenvalue weighted by molar-refractivity contribution is 7.80. The van der Waals surface area contributed by atoms with Crippen molar-refractivity contribution in [3.63, 3.8) is 0 Å². The molecule has 0 heterocycles. The predicted octanol–water partition coefficient (Wildman–Crippen LogP) is 2.10. The summed E-state index contributed by atoms with van der Waals surface area (Å²) in [5.41, 5.74) is 1.11. The van der Waals surface area contributed by atoms with Crippen LogP contribution in [0.25, 0.3) is 0 Å². The van der Waals surface area contributed by atoms with Crippen molar-refractivity contribution in [3.05, 3.63) is 12.2 Å². The van der Waals surface area contributed by atoms with Gasteiger partial charge in [-0.05, 0) is 13.8 Å². The van der Waals surface area contributed by atoms with Gasteiger partial charge in [0.2, 0.25) is 0 Å². The maximum atomic E-state index is 8.47. The van der Waals surface area contributed by atoms with Crippen LogP contribution < -0.4 is 0 Å². The smallest absolute Gasteiger partial charge is 0.0635 e. The lowest BCUT2D eigenvalue weighted by atomic mass is 10.2. The largest absolute Gasteiger partial charge is 0.296 e. The maximum Gasteiger partial charge on any atom is 0.0635 e. The van der Waals surface area contributed by atoms with E-state index in [1.54, 1.807) is 0 Å². The molecule has 0 atom stereocenters. The fraction of sp³-hybridized carbons (Fsp3) is 0.700. The summed E-state index contributed by atoms with van der Waals surface area (Å²) >= 11 is 4.16. The molecule has 0 aromatic rings. The summed E-state index contributed by atoms with van der Waals surface area (Å²) in [6, 6.07) is 2.62. The summed E-state index contributed by atoms with van der Waals surface area (Å²) in [6.45, 7) is 9.83. The third-order valence-electron chi connectivity index (χ3n) is 1.89. The van der Waals surface area contributed by atoms with Crippen LogP contribution in [-0.2, 0) is 0 Å². The second-order valence-corrected chi connectivity index (χ2v) is 3.70. The van der Waals surface area contributed by atoms with Gasteiger partial charge in [-0.25, -0.2) is 0 Å². The van der Waals surface area contributed by atoms with Gasteiger partial charge in [0.05, 0.1) is 6.07 Å². The fourth-order valence-electron chi connectivity index (χ4n) is 1.05. The summed E-state index contributed by atoms with van der Waals surface area (Å²) in [5.74, 6) is 0.718. The quantitative estimate of drug-likeness (QED) is 0.522. The first-order valence-corrected chi connectivity index (χ1v) is 5.13. The lowest BCUT2D eigenvalue weighted by Crippen LogP contribution is -2.33. The molecule has 0 N–H and O–H groups in total. The first kappa shape index (κ1) is 12.5. The number of hydrogen-bond donors (Lipinski definition) is 1. The Kier molecular flexibility index (Phi) is 6.75. The van der Waals surface area contributed by atoms with Gasteiger partial charge in [0.1, 0.15) is 0 Å². The highest BCUT2D eigenvalue weighted by Crippen LogP contribution is 2.04. The van der Waals surface area contributed by atoms with Crippen LogP contribution in [0.3, 0.4) is 0 Å². The van der Waals surface area contributed by atoms with Crippen LogP contribution in [0.1, 0.15) is 20.3 Å². The van der Waals surface area contributed by atoms with E-state index in [1.165, 1.54) is 0 Å². The van der Waals surface area contributed by atoms with Crippen LogP contribution in [0.4, 0.5) is 0 Å². The van der Waals surface area contributed by atoms with Gasteiger partial charge < -0.3 is 0 Å². The second-order valence-electron chi connectivity index (χ2n) is 3.38. The molecule has 0 saturated carbocycles. The molecule has 13 heavy (non-hydrogen) atoms. The summed E-state index contributed by atoms with van der Waals surface area (Å²) < 4.78 is 0. The Morgan fingerprint density at radius 3 is 2.62 bits per heavy atom. The van der Waals surface area contributed by atoms with Crippen molar-refractivity contribution in [1.29, 1.82) is 5.26 Å². The van der Waals surface area contributed by atoms with Gasteiger partial charge in [0.25, 0.3) is 0 Å². The molecule has 0 saturated heterocycles. The molecule has 0 aliphatic heterocycles. The van der Waals surface area contributed by atoms with Crippen LogP contribution in [0.2, 0.25) is 0 Å². The van der Waals surface area contributed by atoms with E-state index in [4.69, 9.17) is 5.26 Å². The Balaban J connectivity index is 3.95. The number of nitriles is 1. The fourth-order valence-corrected chi connectivity index (χ4v) is 1.15. The van der Waals surface area contributed by atoms with E-state index in [2.05, 4.69) is 44.0 Å². The molecule has 0 spiro atoms. The van der Waals surface area contributed by atoms with Crippen LogP contribution in [0.5, 0.6) is 0 Å². The van der Waals surface area contributed by atoms with Gasteiger partial charge in [-0.1, -0.05) is 12.2 Å². The number of hydrogen-bond acceptors (Lipinski definition) is 3. The Hall–Kier alpha value is -0.460. The molecule has 2 nitrogen and oxygen atoms in total. The molecular weight excluding hydrogens is 180 g/mol. The molecular formula is C10H18N2S. The molecule has 74 valence electrons. The van der Waals surface area contributed by atoms with Crippen molar-refractivity contribution >= 4 is 12.6 Å². The zero-order valence-corrected chi connectivity index (χ0v) is 9.35. The molecule has 0 aromatic carbocycles. The zero-order chi connectivity index (χ0) is 10.3. The molecule has 0 radical (unpaired) electrons. The second kappa shape index (κ2) is 6.99. The monoisotopic (exact) mass is 198 g/mol. The first-order valence-electron chi connectivity index (χ1n) is 4.50. The number of thiol groups is 1. The van der Waals surface area contributed by atoms with E-state index >= 15 is 0 Å². The zero-order valence-electron chi connectivity index (χ0n) is 8.45. The minimum Gasteiger partial charge on any atom is -0.296 e. The van der Waals surface area contributed by atoms with Crippen molar-refractivity contribution in [2.75, 3.05) is 18.8 Å². The van der Waals surface area contributed by atoms with Gasteiger partial charge in [-0.2, -0.15) is 17.9 Å². The molecule has 0 aliphatic rings. The van der Waals surface area contributed by atoms with E-state index in [9.17, 15) is 0 Å². The van der Waals surface area contributed by atoms with Crippen molar-refractivity contribution in [2.45, 2.75) is 26.3 Å². The van der Waals surface area contributed by atoms with Crippen molar-refractivity contribution in [3.8, 4) is 6.07 Å². The summed E-state index contributed by atoms with van der Waals surface area (Å²) in [5, 5.41) is 8.47. The Bertz CT molecular complexity index is 194. The number of rotatable bonds is 6. The molecule has 3 heteroatoms. The molecule has 0 unspecified atom stereocenters. The maximum absolute atomic E-state index is 8.47. The van der Waals surface area contributed by atoms with Crippen LogP contribution in [-0.4, -0.2) is 29.8 Å². The van der Waals surface area contributed by atoms with Gasteiger partial charge in [-0.15, -0.1) is 0 Å². The standard InChI is InChI=1S/C10H18N2S/c1-9(2)12(6-4-5-11)7-10(3)8-13/h9,13H,3-4,6-8H2,1-2H3. The average Bonchev–Trinajstić information content (AvgIpc) is 2.11. The predicted molar refractivity (Wildman–Crippen MR) is 59.9 cm³/mol. The summed E-state index contributed by atoms with van der Waals surface area (Å²) in [7, 11) is 0. The molecule has 0 aliphatic carbocycles. The highest BCUT2D eigenvalue weighted by atomic mass is 32.1. The van der Waals surface area contributed by atoms with Gasteiger partial charge >= 0.3 is 0 Å². The SMILES string of the molecule is C=C(CS)CN(CCC#N)C(C)C. The Labute approximate surface area is 86.6 Å². The Morgan fingerprint density at radius 2 is 2.23 bits per heavy atom. The van der Waals surface area contributed by atoms with Crippen molar-refractivity contribution in [1.82, 2.24) is 4.90 Å². The molecule has 0 rings (SSSR count). The minimum absolute atomic E-state index is 0.463. The minimum atomic E-state index is 0.463. The van der Waals surface area contributed by atoms with Crippen LogP contribution in [0.15, 0.2) is 12.2 Å². The van der Waals surface area contributed by atoms with E-state index in [0.717, 1.165) is 24.4 Å². The topological polar surface area (TPSA) is 27.0 Å². The lowest BCUT2D eigenvalue weighted by molar-refractivity contribution is 0.247. The number of nitrogens with zero attached hydrogens (tertiary/aromatic N) is 2. The average molecular weight is 198 g/mol. The van der Waals surface area contributed by atoms with Crippen LogP contribution >= 0.6 is 12.6 Å². The molecule has 0 bridgehead atoms. The van der Waals surface area contributed by atoms with Gasteiger partial charge in [0, 0.05) is 31.3 Å². The Morgan fingerprint density at radius 1 is 1.62 bits per heavy atom. The third-order valence-corrected chi connectivity index (χ3v) is 2.34. The normalized spacial score (nSPS) is 10.5. The summed E-state index contributed by atoms with van der Waals surface area (Å²) in [6.07, 6.45) is 0.581. The van der Waals surface area contributed by atoms with E-state index in [1.807, 2.05) is 0 Å². The summed E-state index contributed by atoms with van der Waals surface area (Å²) in [4.78, 5) is 2.24. The lowest BCUT2D eigenvalue weighted by Gasteiger charge is -2.25. The highest BCUT2D eigenvalue weighted by Gasteiger charge is 2.09. The molecule has 0 amide bonds. The first-order chi connectivity index (χ1) is 6.11.